The molecule has 0 unspecified atom stereocenters. The predicted octanol–water partition coefficient (Wildman–Crippen LogP) is 4.73. The number of nitrogens with zero attached hydrogens (tertiary/aromatic N) is 2. The molecule has 29 heavy (non-hydrogen) atoms. The molecule has 152 valence electrons. The van der Waals surface area contributed by atoms with Crippen molar-refractivity contribution in [3.05, 3.63) is 59.1 Å². The lowest BCUT2D eigenvalue weighted by molar-refractivity contribution is -0.115. The molecule has 3 rings (SSSR count). The Labute approximate surface area is 172 Å². The fourth-order valence-electron chi connectivity index (χ4n) is 2.87. The van der Waals surface area contributed by atoms with Crippen molar-refractivity contribution in [3.8, 4) is 16.3 Å². The van der Waals surface area contributed by atoms with E-state index in [9.17, 15) is 13.6 Å². The maximum Gasteiger partial charge on any atom is 0.230 e. The van der Waals surface area contributed by atoms with Crippen molar-refractivity contribution < 1.29 is 18.3 Å². The third kappa shape index (κ3) is 4.89. The van der Waals surface area contributed by atoms with Crippen LogP contribution in [0.25, 0.3) is 10.6 Å². The fraction of sp³-hybridized carbons (Fsp3) is 0.238. The first kappa shape index (κ1) is 20.7. The molecule has 8 heteroatoms. The number of para-hydroxylation sites is 1. The minimum absolute atomic E-state index is 0.00796. The number of hydrogen-bond donors (Lipinski definition) is 1. The third-order valence-corrected chi connectivity index (χ3v) is 4.98. The average molecular weight is 417 g/mol. The van der Waals surface area contributed by atoms with Gasteiger partial charge in [-0.25, -0.2) is 13.8 Å². The molecule has 0 fully saturated rings. The fourth-order valence-corrected chi connectivity index (χ4v) is 3.72. The Morgan fingerprint density at radius 2 is 1.90 bits per heavy atom. The summed E-state index contributed by atoms with van der Waals surface area (Å²) >= 11 is 1.40. The Morgan fingerprint density at radius 1 is 1.21 bits per heavy atom. The zero-order chi connectivity index (χ0) is 21.0. The first-order valence-corrected chi connectivity index (χ1v) is 9.89. The molecule has 0 atom stereocenters. The van der Waals surface area contributed by atoms with Crippen LogP contribution in [-0.4, -0.2) is 31.6 Å². The summed E-state index contributed by atoms with van der Waals surface area (Å²) in [6.45, 7) is 2.45. The standard InChI is InChI=1S/C21H21F2N3O2S/c1-4-28-18-8-6-5-7-15(18)21-25-14(12-29-21)11-19(27)24-13-9-16(22)20(26(2)3)17(23)10-13/h5-10,12H,4,11H2,1-3H3,(H,24,27). The van der Waals surface area contributed by atoms with Gasteiger partial charge in [-0.05, 0) is 31.2 Å². The molecule has 0 saturated carbocycles. The van der Waals surface area contributed by atoms with E-state index in [1.165, 1.54) is 16.2 Å². The molecule has 0 radical (unpaired) electrons. The number of amides is 1. The average Bonchev–Trinajstić information content (AvgIpc) is 3.09. The molecular weight excluding hydrogens is 396 g/mol. The van der Waals surface area contributed by atoms with Crippen molar-refractivity contribution in [2.45, 2.75) is 13.3 Å². The lowest BCUT2D eigenvalue weighted by Crippen LogP contribution is -2.17. The monoisotopic (exact) mass is 417 g/mol. The van der Waals surface area contributed by atoms with E-state index in [1.54, 1.807) is 19.5 Å². The second kappa shape index (κ2) is 9.00. The molecule has 0 aliphatic carbocycles. The van der Waals surface area contributed by atoms with Gasteiger partial charge in [-0.2, -0.15) is 0 Å². The van der Waals surface area contributed by atoms with Gasteiger partial charge in [0.15, 0.2) is 11.6 Å². The summed E-state index contributed by atoms with van der Waals surface area (Å²) in [5, 5.41) is 5.05. The summed E-state index contributed by atoms with van der Waals surface area (Å²) in [6, 6.07) is 9.75. The number of hydrogen-bond acceptors (Lipinski definition) is 5. The van der Waals surface area contributed by atoms with Crippen molar-refractivity contribution in [2.75, 3.05) is 30.9 Å². The number of nitrogens with one attached hydrogen (secondary N) is 1. The summed E-state index contributed by atoms with van der Waals surface area (Å²) in [4.78, 5) is 18.2. The highest BCUT2D eigenvalue weighted by molar-refractivity contribution is 7.13. The zero-order valence-corrected chi connectivity index (χ0v) is 17.1. The molecule has 1 N–H and O–H groups in total. The van der Waals surface area contributed by atoms with E-state index < -0.39 is 17.5 Å². The highest BCUT2D eigenvalue weighted by Crippen LogP contribution is 2.32. The van der Waals surface area contributed by atoms with Gasteiger partial charge in [0.2, 0.25) is 5.91 Å². The number of benzene rings is 2. The number of carbonyl (C=O) groups is 1. The number of ether oxygens (including phenoxy) is 1. The van der Waals surface area contributed by atoms with Crippen molar-refractivity contribution in [3.63, 3.8) is 0 Å². The van der Waals surface area contributed by atoms with E-state index in [-0.39, 0.29) is 17.8 Å². The van der Waals surface area contributed by atoms with Gasteiger partial charge in [0.25, 0.3) is 0 Å². The van der Waals surface area contributed by atoms with Gasteiger partial charge in [0.05, 0.1) is 24.3 Å². The minimum Gasteiger partial charge on any atom is -0.493 e. The van der Waals surface area contributed by atoms with Gasteiger partial charge < -0.3 is 15.0 Å². The van der Waals surface area contributed by atoms with Crippen LogP contribution in [0.5, 0.6) is 5.75 Å². The molecule has 0 bridgehead atoms. The highest BCUT2D eigenvalue weighted by Gasteiger charge is 2.16. The van der Waals surface area contributed by atoms with Crippen LogP contribution in [0.15, 0.2) is 41.8 Å². The zero-order valence-electron chi connectivity index (χ0n) is 16.3. The molecule has 0 aliphatic rings. The van der Waals surface area contributed by atoms with Crippen molar-refractivity contribution in [1.82, 2.24) is 4.98 Å². The molecule has 3 aromatic rings. The van der Waals surface area contributed by atoms with E-state index in [0.717, 1.165) is 28.5 Å². The number of thiazole rings is 1. The van der Waals surface area contributed by atoms with E-state index in [1.807, 2.05) is 31.2 Å². The maximum absolute atomic E-state index is 14.1. The third-order valence-electron chi connectivity index (χ3n) is 4.06. The molecule has 0 spiro atoms. The van der Waals surface area contributed by atoms with Gasteiger partial charge in [0.1, 0.15) is 16.4 Å². The number of aromatic nitrogens is 1. The molecule has 2 aromatic carbocycles. The predicted molar refractivity (Wildman–Crippen MR) is 112 cm³/mol. The quantitative estimate of drug-likeness (QED) is 0.604. The SMILES string of the molecule is CCOc1ccccc1-c1nc(CC(=O)Nc2cc(F)c(N(C)C)c(F)c2)cs1. The number of carbonyl (C=O) groups excluding carboxylic acids is 1. The summed E-state index contributed by atoms with van der Waals surface area (Å²) < 4.78 is 33.8. The first-order valence-electron chi connectivity index (χ1n) is 9.01. The van der Waals surface area contributed by atoms with Crippen molar-refractivity contribution in [2.24, 2.45) is 0 Å². The Kier molecular flexibility index (Phi) is 6.43. The summed E-state index contributed by atoms with van der Waals surface area (Å²) in [5.41, 5.74) is 1.34. The highest BCUT2D eigenvalue weighted by atomic mass is 32.1. The number of anilines is 2. The van der Waals surface area contributed by atoms with Crippen LogP contribution in [0.4, 0.5) is 20.2 Å². The normalized spacial score (nSPS) is 10.7. The lowest BCUT2D eigenvalue weighted by Gasteiger charge is -2.15. The number of rotatable bonds is 7. The van der Waals surface area contributed by atoms with E-state index >= 15 is 0 Å². The Morgan fingerprint density at radius 3 is 2.55 bits per heavy atom. The molecular formula is C21H21F2N3O2S. The Bertz CT molecular complexity index is 998. The minimum atomic E-state index is -0.742. The van der Waals surface area contributed by atoms with Crippen LogP contribution < -0.4 is 15.0 Å². The van der Waals surface area contributed by atoms with Crippen molar-refractivity contribution in [1.29, 1.82) is 0 Å². The van der Waals surface area contributed by atoms with E-state index in [2.05, 4.69) is 10.3 Å². The smallest absolute Gasteiger partial charge is 0.230 e. The van der Waals surface area contributed by atoms with E-state index in [4.69, 9.17) is 4.74 Å². The lowest BCUT2D eigenvalue weighted by atomic mass is 10.2. The molecule has 5 nitrogen and oxygen atoms in total. The molecule has 1 amide bonds. The second-order valence-corrected chi connectivity index (χ2v) is 7.34. The van der Waals surface area contributed by atoms with Gasteiger partial charge in [-0.3, -0.25) is 4.79 Å². The molecule has 1 heterocycles. The van der Waals surface area contributed by atoms with Gasteiger partial charge in [-0.15, -0.1) is 11.3 Å². The van der Waals surface area contributed by atoms with Crippen LogP contribution in [-0.2, 0) is 11.2 Å². The second-order valence-electron chi connectivity index (χ2n) is 6.48. The largest absolute Gasteiger partial charge is 0.493 e. The number of halogens is 2. The van der Waals surface area contributed by atoms with Crippen LogP contribution in [0, 0.1) is 11.6 Å². The summed E-state index contributed by atoms with van der Waals surface area (Å²) in [5.74, 6) is -1.16. The maximum atomic E-state index is 14.1. The van der Waals surface area contributed by atoms with Crippen LogP contribution in [0.1, 0.15) is 12.6 Å². The Hall–Kier alpha value is -3.00. The van der Waals surface area contributed by atoms with Crippen LogP contribution in [0.3, 0.4) is 0 Å². The summed E-state index contributed by atoms with van der Waals surface area (Å²) in [6.07, 6.45) is -0.00796. The van der Waals surface area contributed by atoms with Gasteiger partial charge in [0, 0.05) is 25.2 Å². The molecule has 0 aliphatic heterocycles. The topological polar surface area (TPSA) is 54.5 Å². The first-order chi connectivity index (χ1) is 13.9. The molecule has 0 saturated heterocycles. The Balaban J connectivity index is 1.72. The summed E-state index contributed by atoms with van der Waals surface area (Å²) in [7, 11) is 3.09. The van der Waals surface area contributed by atoms with Gasteiger partial charge in [-0.1, -0.05) is 12.1 Å². The van der Waals surface area contributed by atoms with Gasteiger partial charge >= 0.3 is 0 Å². The van der Waals surface area contributed by atoms with E-state index in [0.29, 0.717) is 12.3 Å². The van der Waals surface area contributed by atoms with Crippen LogP contribution in [0.2, 0.25) is 0 Å². The van der Waals surface area contributed by atoms with Crippen LogP contribution >= 0.6 is 11.3 Å². The van der Waals surface area contributed by atoms with Crippen molar-refractivity contribution >= 4 is 28.6 Å². The molecule has 1 aromatic heterocycles.